The van der Waals surface area contributed by atoms with Gasteiger partial charge in [0.1, 0.15) is 5.69 Å². The van der Waals surface area contributed by atoms with Crippen LogP contribution in [0.5, 0.6) is 0 Å². The molecule has 1 aromatic heterocycles. The topological polar surface area (TPSA) is 61.4 Å². The Morgan fingerprint density at radius 3 is 2.79 bits per heavy atom. The summed E-state index contributed by atoms with van der Waals surface area (Å²) in [5.41, 5.74) is 0.764. The Balaban J connectivity index is 2.03. The SMILES string of the molecule is C=CCNc1ncc2c(n1)N(C1CCCC1)CC(C=C)C(=O)N2C. The van der Waals surface area contributed by atoms with Crippen LogP contribution in [0.4, 0.5) is 17.5 Å². The molecule has 1 fully saturated rings. The summed E-state index contributed by atoms with van der Waals surface area (Å²) in [5.74, 6) is 1.22. The summed E-state index contributed by atoms with van der Waals surface area (Å²) in [7, 11) is 1.79. The minimum absolute atomic E-state index is 0.0437. The van der Waals surface area contributed by atoms with Crippen LogP contribution in [0.15, 0.2) is 31.5 Å². The van der Waals surface area contributed by atoms with Gasteiger partial charge in [-0.1, -0.05) is 25.0 Å². The maximum atomic E-state index is 12.7. The standard InChI is InChI=1S/C18H25N5O/c1-4-10-19-18-20-11-15-16(21-18)23(14-8-6-7-9-14)12-13(5-2)17(24)22(15)3/h4-5,11,13-14H,1-2,6-10,12H2,3H3,(H,19,20,21). The van der Waals surface area contributed by atoms with Gasteiger partial charge in [0.15, 0.2) is 5.82 Å². The van der Waals surface area contributed by atoms with Crippen LogP contribution in [0.3, 0.4) is 0 Å². The number of nitrogens with one attached hydrogen (secondary N) is 1. The molecule has 1 saturated carbocycles. The first-order valence-electron chi connectivity index (χ1n) is 8.54. The first kappa shape index (κ1) is 16.5. The highest BCUT2D eigenvalue weighted by Gasteiger charge is 2.35. The van der Waals surface area contributed by atoms with E-state index in [9.17, 15) is 4.79 Å². The number of nitrogens with zero attached hydrogens (tertiary/aromatic N) is 4. The Labute approximate surface area is 143 Å². The van der Waals surface area contributed by atoms with Crippen LogP contribution < -0.4 is 15.1 Å². The summed E-state index contributed by atoms with van der Waals surface area (Å²) in [5, 5.41) is 3.14. The fourth-order valence-corrected chi connectivity index (χ4v) is 3.52. The summed E-state index contributed by atoms with van der Waals surface area (Å²) < 4.78 is 0. The van der Waals surface area contributed by atoms with E-state index in [4.69, 9.17) is 4.98 Å². The number of rotatable bonds is 5. The molecule has 2 heterocycles. The van der Waals surface area contributed by atoms with Crippen molar-refractivity contribution in [3.63, 3.8) is 0 Å². The average Bonchev–Trinajstić information content (AvgIpc) is 3.11. The summed E-state index contributed by atoms with van der Waals surface area (Å²) in [6.45, 7) is 8.80. The molecule has 24 heavy (non-hydrogen) atoms. The number of aromatic nitrogens is 2. The molecule has 1 aliphatic heterocycles. The van der Waals surface area contributed by atoms with Gasteiger partial charge >= 0.3 is 0 Å². The molecule has 0 radical (unpaired) electrons. The van der Waals surface area contributed by atoms with Crippen LogP contribution in [0.25, 0.3) is 0 Å². The molecule has 0 aromatic carbocycles. The van der Waals surface area contributed by atoms with Crippen LogP contribution in [0.1, 0.15) is 25.7 Å². The second-order valence-electron chi connectivity index (χ2n) is 6.40. The second-order valence-corrected chi connectivity index (χ2v) is 6.40. The maximum absolute atomic E-state index is 12.7. The quantitative estimate of drug-likeness (QED) is 0.842. The van der Waals surface area contributed by atoms with Gasteiger partial charge in [-0.05, 0) is 12.8 Å². The number of anilines is 3. The van der Waals surface area contributed by atoms with Gasteiger partial charge in [-0.2, -0.15) is 4.98 Å². The smallest absolute Gasteiger partial charge is 0.235 e. The predicted molar refractivity (Wildman–Crippen MR) is 97.4 cm³/mol. The summed E-state index contributed by atoms with van der Waals surface area (Å²) in [6, 6.07) is 0.424. The summed E-state index contributed by atoms with van der Waals surface area (Å²) in [4.78, 5) is 25.7. The molecule has 1 N–H and O–H groups in total. The highest BCUT2D eigenvalue weighted by Crippen LogP contribution is 2.37. The lowest BCUT2D eigenvalue weighted by Crippen LogP contribution is -2.39. The van der Waals surface area contributed by atoms with Gasteiger partial charge in [-0.15, -0.1) is 13.2 Å². The van der Waals surface area contributed by atoms with E-state index in [1.165, 1.54) is 12.8 Å². The first-order valence-corrected chi connectivity index (χ1v) is 8.54. The molecule has 6 heteroatoms. The minimum atomic E-state index is -0.227. The van der Waals surface area contributed by atoms with Gasteiger partial charge in [0.05, 0.1) is 12.1 Å². The predicted octanol–water partition coefficient (Wildman–Crippen LogP) is 2.60. The minimum Gasteiger partial charge on any atom is -0.351 e. The number of hydrogen-bond donors (Lipinski definition) is 1. The zero-order valence-electron chi connectivity index (χ0n) is 14.2. The largest absolute Gasteiger partial charge is 0.351 e. The lowest BCUT2D eigenvalue weighted by atomic mass is 10.1. The van der Waals surface area contributed by atoms with Crippen molar-refractivity contribution in [2.75, 3.05) is 35.3 Å². The van der Waals surface area contributed by atoms with E-state index in [1.54, 1.807) is 30.3 Å². The number of carbonyl (C=O) groups is 1. The third-order valence-electron chi connectivity index (χ3n) is 4.88. The van der Waals surface area contributed by atoms with Crippen LogP contribution in [-0.4, -0.2) is 42.1 Å². The third kappa shape index (κ3) is 3.00. The fraction of sp³-hybridized carbons (Fsp3) is 0.500. The van der Waals surface area contributed by atoms with E-state index in [0.29, 0.717) is 25.1 Å². The molecule has 2 aliphatic rings. The van der Waals surface area contributed by atoms with Gasteiger partial charge in [0.2, 0.25) is 11.9 Å². The maximum Gasteiger partial charge on any atom is 0.235 e. The molecule has 1 unspecified atom stereocenters. The van der Waals surface area contributed by atoms with Crippen LogP contribution >= 0.6 is 0 Å². The lowest BCUT2D eigenvalue weighted by Gasteiger charge is -2.31. The molecule has 1 atom stereocenters. The van der Waals surface area contributed by atoms with Crippen molar-refractivity contribution in [1.82, 2.24) is 9.97 Å². The van der Waals surface area contributed by atoms with E-state index >= 15 is 0 Å². The average molecular weight is 327 g/mol. The van der Waals surface area contributed by atoms with Crippen molar-refractivity contribution >= 4 is 23.4 Å². The fourth-order valence-electron chi connectivity index (χ4n) is 3.52. The van der Waals surface area contributed by atoms with E-state index in [1.807, 2.05) is 0 Å². The van der Waals surface area contributed by atoms with E-state index in [0.717, 1.165) is 24.3 Å². The Bertz CT molecular complexity index is 638. The zero-order chi connectivity index (χ0) is 17.1. The lowest BCUT2D eigenvalue weighted by molar-refractivity contribution is -0.120. The molecule has 0 saturated heterocycles. The molecule has 0 spiro atoms. The van der Waals surface area contributed by atoms with Crippen molar-refractivity contribution in [3.05, 3.63) is 31.5 Å². The molecule has 0 bridgehead atoms. The molecule has 1 amide bonds. The molecular weight excluding hydrogens is 302 g/mol. The Morgan fingerprint density at radius 1 is 1.38 bits per heavy atom. The van der Waals surface area contributed by atoms with Crippen molar-refractivity contribution in [1.29, 1.82) is 0 Å². The van der Waals surface area contributed by atoms with Gasteiger partial charge in [-0.25, -0.2) is 4.98 Å². The summed E-state index contributed by atoms with van der Waals surface area (Å²) >= 11 is 0. The van der Waals surface area contributed by atoms with Crippen molar-refractivity contribution in [2.24, 2.45) is 5.92 Å². The van der Waals surface area contributed by atoms with Gasteiger partial charge in [-0.3, -0.25) is 4.79 Å². The van der Waals surface area contributed by atoms with Gasteiger partial charge < -0.3 is 15.1 Å². The first-order chi connectivity index (χ1) is 11.7. The van der Waals surface area contributed by atoms with E-state index in [2.05, 4.69) is 28.4 Å². The van der Waals surface area contributed by atoms with E-state index in [-0.39, 0.29) is 11.8 Å². The molecule has 3 rings (SSSR count). The molecule has 1 aromatic rings. The van der Waals surface area contributed by atoms with Crippen molar-refractivity contribution in [3.8, 4) is 0 Å². The number of hydrogen-bond acceptors (Lipinski definition) is 5. The van der Waals surface area contributed by atoms with Crippen LogP contribution in [0.2, 0.25) is 0 Å². The number of fused-ring (bicyclic) bond motifs is 1. The molecule has 128 valence electrons. The Hall–Kier alpha value is -2.37. The number of carbonyl (C=O) groups excluding carboxylic acids is 1. The van der Waals surface area contributed by atoms with E-state index < -0.39 is 0 Å². The Morgan fingerprint density at radius 2 is 2.12 bits per heavy atom. The normalized spacial score (nSPS) is 21.4. The highest BCUT2D eigenvalue weighted by molar-refractivity contribution is 5.99. The van der Waals surface area contributed by atoms with Crippen LogP contribution in [-0.2, 0) is 4.79 Å². The molecule has 1 aliphatic carbocycles. The van der Waals surface area contributed by atoms with Crippen molar-refractivity contribution < 1.29 is 4.79 Å². The Kier molecular flexibility index (Phi) is 4.83. The zero-order valence-corrected chi connectivity index (χ0v) is 14.2. The summed E-state index contributed by atoms with van der Waals surface area (Å²) in [6.07, 6.45) is 9.99. The van der Waals surface area contributed by atoms with Crippen LogP contribution in [0, 0.1) is 5.92 Å². The highest BCUT2D eigenvalue weighted by atomic mass is 16.2. The second kappa shape index (κ2) is 7.03. The molecule has 6 nitrogen and oxygen atoms in total. The monoisotopic (exact) mass is 327 g/mol. The van der Waals surface area contributed by atoms with Crippen molar-refractivity contribution in [2.45, 2.75) is 31.7 Å². The molecular formula is C18H25N5O. The van der Waals surface area contributed by atoms with Gasteiger partial charge in [0, 0.05) is 26.2 Å². The number of amides is 1. The third-order valence-corrected chi connectivity index (χ3v) is 4.88. The van der Waals surface area contributed by atoms with Gasteiger partial charge in [0.25, 0.3) is 0 Å².